The van der Waals surface area contributed by atoms with Gasteiger partial charge in [-0.15, -0.1) is 0 Å². The summed E-state index contributed by atoms with van der Waals surface area (Å²) in [7, 11) is -9.75. The standard InChI is InChI=1S/C55H80FN11O18P2SSi2/c1-34(69)64-19-14-18-37(64)28-79-87(88,80-29-39-44(83-86(74,75)76)42(56)52(82-39)66-26-36-17-13-20-65(47-41(36)48(66)59-30-58-47)50(71)35-15-11-10-12-16-35)84-46-45(85-90(8,9)55(2,3)4)38(27-68)81-53(46)67-32-60-43-49(67)61-31-63(51(43)72)21-22-77-33-62-40(70)25-57-54(73)78-23-24-89(5,6)7/h10-12,15-16,26,30-32,37-39,42,44-46,52-53,68H,13-14,17-25,27-29,33H2,1-9H3,(H,57,73)(H,62,70)(H2,74,75,76)/t37-,38-,39-,42-,44-,45-,46-,52-,53-,87-/m1/s1. The molecule has 0 unspecified atom stereocenters. The Bertz CT molecular complexity index is 3550. The van der Waals surface area contributed by atoms with Crippen LogP contribution in [-0.2, 0) is 80.4 Å². The minimum absolute atomic E-state index is 0.0182. The fourth-order valence-corrected chi connectivity index (χ4v) is 15.4. The summed E-state index contributed by atoms with van der Waals surface area (Å²) in [6, 6.07) is 8.93. The molecule has 0 aliphatic carbocycles. The number of nitrogens with zero attached hydrogens (tertiary/aromatic N) is 9. The van der Waals surface area contributed by atoms with Gasteiger partial charge in [0.2, 0.25) is 11.8 Å². The average molecular weight is 1350 g/mol. The third-order valence-electron chi connectivity index (χ3n) is 16.5. The number of carbonyl (C=O) groups is 4. The second-order valence-electron chi connectivity index (χ2n) is 25.2. The topological polar surface area (TPSA) is 343 Å². The third-order valence-corrected chi connectivity index (χ3v) is 25.5. The summed E-state index contributed by atoms with van der Waals surface area (Å²) in [5.74, 6) is -0.784. The first-order valence-corrected chi connectivity index (χ1v) is 40.4. The second-order valence-corrected chi connectivity index (χ2v) is 39.7. The van der Waals surface area contributed by atoms with Crippen LogP contribution >= 0.6 is 14.5 Å². The molecule has 4 aromatic heterocycles. The quantitative estimate of drug-likeness (QED) is 0.0199. The number of phosphoric acid groups is 1. The number of fused-ring (bicyclic) bond motifs is 1. The molecule has 494 valence electrons. The molecule has 0 radical (unpaired) electrons. The van der Waals surface area contributed by atoms with Crippen LogP contribution in [0.1, 0.15) is 75.3 Å². The summed E-state index contributed by atoms with van der Waals surface area (Å²) in [4.78, 5) is 107. The second kappa shape index (κ2) is 28.5. The van der Waals surface area contributed by atoms with Gasteiger partial charge in [-0.2, -0.15) is 0 Å². The van der Waals surface area contributed by atoms with E-state index >= 15 is 4.39 Å². The highest BCUT2D eigenvalue weighted by Crippen LogP contribution is 2.57. The SMILES string of the molecule is CC(=O)N1CCC[C@@H]1CO[P@@](=S)(OC[C@H]1O[C@@H](n2cc3c4c(ncnc42)N(C(=O)c2ccccc2)CCC3)[C@H](F)[C@@H]1OP(=O)(O)O)O[C@@H]1[C@H](O[Si](C)(C)C(C)(C)C)[C@@H](CO)O[C@H]1n1cnc2c(=O)n(CCOCNC(=O)CNC(=O)OCC[Si](C)(C)C)cnc21. The van der Waals surface area contributed by atoms with Gasteiger partial charge in [-0.05, 0) is 79.4 Å². The number of aryl methyl sites for hydroxylation is 1. The highest BCUT2D eigenvalue weighted by Gasteiger charge is 2.55. The van der Waals surface area contributed by atoms with E-state index in [4.69, 9.17) is 53.3 Å². The number of anilines is 1. The van der Waals surface area contributed by atoms with E-state index in [1.165, 1.54) is 44.5 Å². The van der Waals surface area contributed by atoms with Gasteiger partial charge in [-0.3, -0.25) is 42.3 Å². The van der Waals surface area contributed by atoms with Crippen LogP contribution in [0.15, 0.2) is 60.3 Å². The fourth-order valence-electron chi connectivity index (χ4n) is 10.8. The molecular formula is C55H80FN11O18P2SSi2. The van der Waals surface area contributed by atoms with Crippen molar-refractivity contribution in [3.8, 4) is 0 Å². The zero-order valence-corrected chi connectivity index (χ0v) is 56.3. The van der Waals surface area contributed by atoms with Gasteiger partial charge in [-0.1, -0.05) is 58.6 Å². The predicted molar refractivity (Wildman–Crippen MR) is 332 cm³/mol. The number of imidazole rings is 1. The van der Waals surface area contributed by atoms with Crippen molar-refractivity contribution < 1.29 is 84.5 Å². The van der Waals surface area contributed by atoms with E-state index in [0.717, 1.165) is 6.04 Å². The number of ether oxygens (including phenoxy) is 4. The van der Waals surface area contributed by atoms with Crippen LogP contribution in [0.2, 0.25) is 43.8 Å². The lowest BCUT2D eigenvalue weighted by atomic mass is 10.1. The molecule has 0 saturated carbocycles. The Morgan fingerprint density at radius 1 is 0.867 bits per heavy atom. The number of aliphatic hydroxyl groups excluding tert-OH is 1. The number of phosphoric ester groups is 1. The van der Waals surface area contributed by atoms with Crippen molar-refractivity contribution in [1.29, 1.82) is 0 Å². The van der Waals surface area contributed by atoms with Crippen molar-refractivity contribution in [2.45, 2.75) is 159 Å². The van der Waals surface area contributed by atoms with Crippen LogP contribution in [-0.4, -0.2) is 196 Å². The van der Waals surface area contributed by atoms with E-state index in [9.17, 15) is 43.4 Å². The van der Waals surface area contributed by atoms with Crippen LogP contribution in [0.3, 0.4) is 0 Å². The molecule has 5 aromatic rings. The molecule has 5 N–H and O–H groups in total. The van der Waals surface area contributed by atoms with Crippen molar-refractivity contribution >= 4 is 94.6 Å². The van der Waals surface area contributed by atoms with Crippen LogP contribution in [0.4, 0.5) is 15.0 Å². The number of rotatable bonds is 26. The number of hydrogen-bond acceptors (Lipinski definition) is 21. The van der Waals surface area contributed by atoms with E-state index in [1.807, 2.05) is 33.9 Å². The van der Waals surface area contributed by atoms with E-state index in [1.54, 1.807) is 41.4 Å². The van der Waals surface area contributed by atoms with Gasteiger partial charge >= 0.3 is 20.6 Å². The Hall–Kier alpha value is -5.33. The first kappa shape index (κ1) is 69.0. The Balaban J connectivity index is 0.988. The smallest absolute Gasteiger partial charge is 0.450 e. The van der Waals surface area contributed by atoms with Gasteiger partial charge in [0.05, 0.1) is 57.3 Å². The Kier molecular flexibility index (Phi) is 21.9. The number of hydrogen-bond donors (Lipinski definition) is 5. The largest absolute Gasteiger partial charge is 0.470 e. The van der Waals surface area contributed by atoms with Crippen molar-refractivity contribution in [2.75, 3.05) is 64.3 Å². The van der Waals surface area contributed by atoms with Gasteiger partial charge in [0.15, 0.2) is 38.1 Å². The van der Waals surface area contributed by atoms with Crippen LogP contribution < -0.4 is 21.1 Å². The summed E-state index contributed by atoms with van der Waals surface area (Å²) in [5.41, 5.74) is 0.590. The molecule has 8 heterocycles. The molecule has 90 heavy (non-hydrogen) atoms. The fraction of sp³-hybridized carbons (Fsp3) is 0.618. The molecule has 4 aliphatic rings. The van der Waals surface area contributed by atoms with Gasteiger partial charge in [-0.25, -0.2) is 33.7 Å². The van der Waals surface area contributed by atoms with Crippen molar-refractivity contribution in [1.82, 2.24) is 49.2 Å². The molecule has 9 rings (SSSR count). The van der Waals surface area contributed by atoms with Crippen molar-refractivity contribution in [3.05, 3.63) is 77.0 Å². The lowest BCUT2D eigenvalue weighted by Gasteiger charge is -2.41. The maximum atomic E-state index is 17.4. The van der Waals surface area contributed by atoms with E-state index in [-0.39, 0.29) is 74.1 Å². The summed E-state index contributed by atoms with van der Waals surface area (Å²) in [6.45, 7) is 12.2. The minimum Gasteiger partial charge on any atom is -0.450 e. The molecule has 3 fully saturated rings. The normalized spacial score (nSPS) is 23.9. The zero-order chi connectivity index (χ0) is 65.1. The number of alkyl halides is 1. The molecule has 0 bridgehead atoms. The Morgan fingerprint density at radius 3 is 2.30 bits per heavy atom. The van der Waals surface area contributed by atoms with Crippen molar-refractivity contribution in [2.24, 2.45) is 0 Å². The molecule has 3 saturated heterocycles. The number of halogens is 1. The number of amides is 4. The molecule has 29 nitrogen and oxygen atoms in total. The van der Waals surface area contributed by atoms with Gasteiger partial charge in [0.1, 0.15) is 67.9 Å². The van der Waals surface area contributed by atoms with E-state index < -0.39 is 122 Å². The Labute approximate surface area is 526 Å². The van der Waals surface area contributed by atoms with Crippen molar-refractivity contribution in [3.63, 3.8) is 0 Å². The molecule has 0 spiro atoms. The monoisotopic (exact) mass is 1350 g/mol. The van der Waals surface area contributed by atoms with Crippen LogP contribution in [0.5, 0.6) is 0 Å². The third kappa shape index (κ3) is 16.2. The van der Waals surface area contributed by atoms with E-state index in [2.05, 4.69) is 50.2 Å². The first-order chi connectivity index (χ1) is 42.5. The summed E-state index contributed by atoms with van der Waals surface area (Å²) < 4.78 is 90.1. The number of aromatic nitrogens is 7. The Morgan fingerprint density at radius 2 is 1.60 bits per heavy atom. The number of likely N-dealkylation sites (tertiary alicyclic amines) is 1. The van der Waals surface area contributed by atoms with Gasteiger partial charge < -0.3 is 67.4 Å². The van der Waals surface area contributed by atoms with Crippen LogP contribution in [0, 0.1) is 0 Å². The number of aliphatic hydroxyl groups is 1. The lowest BCUT2D eigenvalue weighted by Crippen LogP contribution is -2.50. The molecule has 1 aromatic carbocycles. The van der Waals surface area contributed by atoms with Gasteiger partial charge in [0, 0.05) is 39.8 Å². The summed E-state index contributed by atoms with van der Waals surface area (Å²) >= 11 is 6.31. The molecular weight excluding hydrogens is 1270 g/mol. The highest BCUT2D eigenvalue weighted by atomic mass is 32.5. The molecule has 10 atom stereocenters. The highest BCUT2D eigenvalue weighted by molar-refractivity contribution is 8.07. The number of nitrogens with one attached hydrogen (secondary N) is 2. The number of alkyl carbamates (subject to hydrolysis) is 1. The number of benzene rings is 1. The van der Waals surface area contributed by atoms with Gasteiger partial charge in [0.25, 0.3) is 11.5 Å². The molecule has 4 aliphatic heterocycles. The first-order valence-electron chi connectivity index (χ1n) is 29.7. The maximum absolute atomic E-state index is 17.4. The predicted octanol–water partition coefficient (Wildman–Crippen LogP) is 5.43. The maximum Gasteiger partial charge on any atom is 0.470 e. The molecule has 35 heteroatoms. The lowest BCUT2D eigenvalue weighted by molar-refractivity contribution is -0.130. The average Bonchev–Trinajstić information content (AvgIpc) is 1.62. The minimum atomic E-state index is -5.48. The summed E-state index contributed by atoms with van der Waals surface area (Å²) in [6.07, 6.45) is -5.82. The molecule has 4 amide bonds. The zero-order valence-electron chi connectivity index (χ0n) is 51.7. The van der Waals surface area contributed by atoms with Crippen LogP contribution in [0.25, 0.3) is 22.2 Å². The van der Waals surface area contributed by atoms with E-state index in [0.29, 0.717) is 55.3 Å². The number of carbonyl (C=O) groups excluding carboxylic acids is 4. The summed E-state index contributed by atoms with van der Waals surface area (Å²) in [5, 5.41) is 16.0.